The Hall–Kier alpha value is -8.08. The van der Waals surface area contributed by atoms with Crippen LogP contribution in [0.25, 0.3) is 101 Å². The summed E-state index contributed by atoms with van der Waals surface area (Å²) in [6.07, 6.45) is 0. The van der Waals surface area contributed by atoms with Crippen LogP contribution < -0.4 is 0 Å². The first-order valence-corrected chi connectivity index (χ1v) is 20.1. The number of benzene rings is 8. The Labute approximate surface area is 350 Å². The minimum atomic E-state index is 0.683. The first-order chi connectivity index (χ1) is 29.7. The summed E-state index contributed by atoms with van der Waals surface area (Å²) in [5.41, 5.74) is 16.4. The van der Waals surface area contributed by atoms with Crippen LogP contribution in [0.5, 0.6) is 0 Å². The number of hydrogen-bond acceptors (Lipinski definition) is 4. The Morgan fingerprint density at radius 1 is 0.183 bits per heavy atom. The van der Waals surface area contributed by atoms with Crippen LogP contribution in [-0.2, 0) is 0 Å². The van der Waals surface area contributed by atoms with Gasteiger partial charge in [0.15, 0.2) is 11.6 Å². The molecule has 0 saturated carbocycles. The largest absolute Gasteiger partial charge is 0.228 e. The van der Waals surface area contributed by atoms with Gasteiger partial charge in [-0.05, 0) is 57.6 Å². The summed E-state index contributed by atoms with van der Waals surface area (Å²) in [5, 5.41) is 0. The van der Waals surface area contributed by atoms with Gasteiger partial charge in [0.2, 0.25) is 0 Å². The normalized spacial score (nSPS) is 11.0. The molecule has 0 radical (unpaired) electrons. The smallest absolute Gasteiger partial charge is 0.160 e. The molecule has 4 heteroatoms. The first-order valence-electron chi connectivity index (χ1n) is 20.1. The highest BCUT2D eigenvalue weighted by atomic mass is 14.9. The van der Waals surface area contributed by atoms with Crippen LogP contribution in [0.4, 0.5) is 0 Å². The fourth-order valence-electron chi connectivity index (χ4n) is 7.77. The molecule has 0 aliphatic carbocycles. The molecule has 0 aliphatic heterocycles. The van der Waals surface area contributed by atoms with Gasteiger partial charge < -0.3 is 0 Å². The molecular weight excluding hydrogens is 729 g/mol. The van der Waals surface area contributed by atoms with Crippen LogP contribution in [0.3, 0.4) is 0 Å². The van der Waals surface area contributed by atoms with Gasteiger partial charge in [-0.15, -0.1) is 0 Å². The summed E-state index contributed by atoms with van der Waals surface area (Å²) in [7, 11) is 0. The van der Waals surface area contributed by atoms with Gasteiger partial charge >= 0.3 is 0 Å². The van der Waals surface area contributed by atoms with Gasteiger partial charge in [-0.3, -0.25) is 0 Å². The fraction of sp³-hybridized carbons (Fsp3) is 0. The highest BCUT2D eigenvalue weighted by Crippen LogP contribution is 2.40. The lowest BCUT2D eigenvalue weighted by atomic mass is 9.88. The van der Waals surface area contributed by atoms with E-state index >= 15 is 0 Å². The van der Waals surface area contributed by atoms with Crippen LogP contribution in [0.1, 0.15) is 0 Å². The number of hydrogen-bond donors (Lipinski definition) is 0. The van der Waals surface area contributed by atoms with Gasteiger partial charge in [0.05, 0.1) is 22.8 Å². The minimum absolute atomic E-state index is 0.683. The van der Waals surface area contributed by atoms with E-state index in [0.717, 1.165) is 89.5 Å². The molecule has 4 nitrogen and oxygen atoms in total. The molecule has 0 unspecified atom stereocenters. The van der Waals surface area contributed by atoms with Crippen molar-refractivity contribution < 1.29 is 0 Å². The van der Waals surface area contributed by atoms with Crippen LogP contribution in [0.15, 0.2) is 231 Å². The summed E-state index contributed by atoms with van der Waals surface area (Å²) < 4.78 is 0. The molecule has 0 aliphatic rings. The zero-order valence-corrected chi connectivity index (χ0v) is 32.7. The van der Waals surface area contributed by atoms with Crippen LogP contribution in [0.2, 0.25) is 0 Å². The third-order valence-corrected chi connectivity index (χ3v) is 10.7. The molecule has 0 N–H and O–H groups in total. The molecule has 0 fully saturated rings. The Bertz CT molecular complexity index is 2750. The Morgan fingerprint density at radius 3 is 0.900 bits per heavy atom. The average molecular weight is 767 g/mol. The molecule has 0 amide bonds. The number of rotatable bonds is 9. The molecule has 10 aromatic rings. The summed E-state index contributed by atoms with van der Waals surface area (Å²) in [5.74, 6) is 1.38. The second-order valence-electron chi connectivity index (χ2n) is 14.6. The van der Waals surface area contributed by atoms with E-state index in [2.05, 4.69) is 158 Å². The van der Waals surface area contributed by atoms with E-state index in [1.54, 1.807) is 0 Å². The molecule has 0 spiro atoms. The molecule has 2 aromatic heterocycles. The van der Waals surface area contributed by atoms with E-state index in [9.17, 15) is 0 Å². The maximum absolute atomic E-state index is 5.13. The Balaban J connectivity index is 1.05. The van der Waals surface area contributed by atoms with Gasteiger partial charge in [0.1, 0.15) is 0 Å². The van der Waals surface area contributed by atoms with E-state index < -0.39 is 0 Å². The van der Waals surface area contributed by atoms with Crippen molar-refractivity contribution >= 4 is 0 Å². The monoisotopic (exact) mass is 766 g/mol. The van der Waals surface area contributed by atoms with Gasteiger partial charge in [-0.25, -0.2) is 19.9 Å². The summed E-state index contributed by atoms with van der Waals surface area (Å²) >= 11 is 0. The van der Waals surface area contributed by atoms with Crippen molar-refractivity contribution in [2.45, 2.75) is 0 Å². The van der Waals surface area contributed by atoms with Gasteiger partial charge in [0, 0.05) is 33.4 Å². The van der Waals surface area contributed by atoms with Crippen LogP contribution in [-0.4, -0.2) is 19.9 Å². The lowest BCUT2D eigenvalue weighted by molar-refractivity contribution is 1.18. The minimum Gasteiger partial charge on any atom is -0.228 e. The molecule has 8 aromatic carbocycles. The highest BCUT2D eigenvalue weighted by Gasteiger charge is 2.17. The van der Waals surface area contributed by atoms with Crippen molar-refractivity contribution in [3.8, 4) is 101 Å². The Kier molecular flexibility index (Phi) is 9.92. The van der Waals surface area contributed by atoms with Crippen molar-refractivity contribution in [3.05, 3.63) is 231 Å². The zero-order valence-electron chi connectivity index (χ0n) is 32.7. The van der Waals surface area contributed by atoms with Gasteiger partial charge in [-0.2, -0.15) is 0 Å². The molecule has 0 bridgehead atoms. The van der Waals surface area contributed by atoms with Crippen molar-refractivity contribution in [2.24, 2.45) is 0 Å². The van der Waals surface area contributed by atoms with Crippen molar-refractivity contribution in [2.75, 3.05) is 0 Å². The van der Waals surface area contributed by atoms with Gasteiger partial charge in [0.25, 0.3) is 0 Å². The Morgan fingerprint density at radius 2 is 0.467 bits per heavy atom. The van der Waals surface area contributed by atoms with Crippen LogP contribution in [0, 0.1) is 0 Å². The van der Waals surface area contributed by atoms with E-state index in [0.29, 0.717) is 11.6 Å². The van der Waals surface area contributed by atoms with E-state index in [1.807, 2.05) is 72.8 Å². The van der Waals surface area contributed by atoms with E-state index in [-0.39, 0.29) is 0 Å². The average Bonchev–Trinajstić information content (AvgIpc) is 3.35. The SMILES string of the molecule is c1ccc(-c2cc(-c3cccc(-c4ccccc4-c4ccccc4-c4cccc(-c5nc(-c6ccccc6)cc(-c6ccccc6)n5)c4)c3)nc(-c3ccccc3)n2)cc1. The first kappa shape index (κ1) is 36.3. The predicted octanol–water partition coefficient (Wildman–Crippen LogP) is 14.3. The van der Waals surface area contributed by atoms with Gasteiger partial charge in [-0.1, -0.05) is 206 Å². The number of nitrogens with zero attached hydrogens (tertiary/aromatic N) is 4. The summed E-state index contributed by atoms with van der Waals surface area (Å²) in [6, 6.07) is 79.9. The van der Waals surface area contributed by atoms with E-state index in [4.69, 9.17) is 19.9 Å². The van der Waals surface area contributed by atoms with Crippen LogP contribution >= 0.6 is 0 Å². The molecule has 2 heterocycles. The van der Waals surface area contributed by atoms with E-state index in [1.165, 1.54) is 0 Å². The molecule has 282 valence electrons. The molecule has 10 rings (SSSR count). The quantitative estimate of drug-likeness (QED) is 0.147. The fourth-order valence-corrected chi connectivity index (χ4v) is 7.77. The zero-order chi connectivity index (χ0) is 40.1. The molecule has 60 heavy (non-hydrogen) atoms. The highest BCUT2D eigenvalue weighted by molar-refractivity contribution is 5.93. The third-order valence-electron chi connectivity index (χ3n) is 10.7. The standard InChI is InChI=1S/C56H38N4/c1-5-19-39(20-6-1)51-37-52(40-21-7-2-8-22-40)59-56(58-51)46-30-18-28-44(36-46)48-32-14-16-34-50(48)49-33-15-13-31-47(49)43-27-17-29-45(35-43)54-38-53(41-23-9-3-10-24-41)57-55(60-54)42-25-11-4-12-26-42/h1-38H. The predicted molar refractivity (Wildman–Crippen MR) is 247 cm³/mol. The van der Waals surface area contributed by atoms with Crippen molar-refractivity contribution in [1.29, 1.82) is 0 Å². The lowest BCUT2D eigenvalue weighted by Gasteiger charge is -2.16. The third kappa shape index (κ3) is 7.53. The molecular formula is C56H38N4. The number of aromatic nitrogens is 4. The second-order valence-corrected chi connectivity index (χ2v) is 14.6. The topological polar surface area (TPSA) is 51.6 Å². The van der Waals surface area contributed by atoms with Crippen molar-refractivity contribution in [1.82, 2.24) is 19.9 Å². The second kappa shape index (κ2) is 16.4. The maximum Gasteiger partial charge on any atom is 0.160 e. The maximum atomic E-state index is 5.13. The lowest BCUT2D eigenvalue weighted by Crippen LogP contribution is -1.96. The summed E-state index contributed by atoms with van der Waals surface area (Å²) in [4.78, 5) is 20.4. The van der Waals surface area contributed by atoms with Crippen molar-refractivity contribution in [3.63, 3.8) is 0 Å². The summed E-state index contributed by atoms with van der Waals surface area (Å²) in [6.45, 7) is 0. The molecule has 0 atom stereocenters. The molecule has 0 saturated heterocycles.